The minimum absolute atomic E-state index is 0.256. The third kappa shape index (κ3) is 3.45. The fourth-order valence-electron chi connectivity index (χ4n) is 2.20. The first kappa shape index (κ1) is 14.7. The first-order valence-electron chi connectivity index (χ1n) is 6.44. The number of carbonyl (C=O) groups is 1. The van der Waals surface area contributed by atoms with Crippen molar-refractivity contribution in [2.75, 3.05) is 13.7 Å². The fourth-order valence-corrected chi connectivity index (χ4v) is 2.20. The molecule has 0 saturated carbocycles. The van der Waals surface area contributed by atoms with Crippen LogP contribution in [0, 0.1) is 6.92 Å². The Labute approximate surface area is 116 Å². The molecule has 1 unspecified atom stereocenters. The summed E-state index contributed by atoms with van der Waals surface area (Å²) in [6, 6.07) is 4.79. The third-order valence-electron chi connectivity index (χ3n) is 3.32. The van der Waals surface area contributed by atoms with Crippen LogP contribution >= 0.6 is 0 Å². The van der Waals surface area contributed by atoms with Gasteiger partial charge in [-0.05, 0) is 18.6 Å². The van der Waals surface area contributed by atoms with Gasteiger partial charge >= 0.3 is 0 Å². The second-order valence-corrected chi connectivity index (χ2v) is 5.03. The highest BCUT2D eigenvalue weighted by molar-refractivity contribution is 5.82. The molecule has 4 nitrogen and oxygen atoms in total. The van der Waals surface area contributed by atoms with E-state index in [2.05, 4.69) is 10.6 Å². The first-order valence-corrected chi connectivity index (χ1v) is 6.44. The Morgan fingerprint density at radius 2 is 2.30 bits per heavy atom. The first-order chi connectivity index (χ1) is 9.41. The maximum absolute atomic E-state index is 13.0. The van der Waals surface area contributed by atoms with Crippen LogP contribution in [-0.2, 0) is 11.3 Å². The summed E-state index contributed by atoms with van der Waals surface area (Å²) in [7, 11) is 1.55. The van der Waals surface area contributed by atoms with Crippen molar-refractivity contribution < 1.29 is 18.3 Å². The molecule has 0 bridgehead atoms. The summed E-state index contributed by atoms with van der Waals surface area (Å²) in [5, 5.41) is 5.19. The maximum Gasteiger partial charge on any atom is 0.262 e. The molecular formula is C14H18F2N2O2. The standard InChI is InChI=1S/C14H18F2N2O2/c1-9-3-4-10(12(5-9)20-2)7-17-13(19)11-6-14(15,16)8-18-11/h3-5,11,18H,6-8H2,1-2H3,(H,17,19). The molecular weight excluding hydrogens is 266 g/mol. The van der Waals surface area contributed by atoms with Gasteiger partial charge in [0, 0.05) is 18.5 Å². The lowest BCUT2D eigenvalue weighted by Crippen LogP contribution is -2.40. The molecule has 1 fully saturated rings. The second-order valence-electron chi connectivity index (χ2n) is 5.03. The van der Waals surface area contributed by atoms with Crippen molar-refractivity contribution in [3.8, 4) is 5.75 Å². The fraction of sp³-hybridized carbons (Fsp3) is 0.500. The van der Waals surface area contributed by atoms with Crippen LogP contribution in [0.4, 0.5) is 8.78 Å². The van der Waals surface area contributed by atoms with E-state index in [0.717, 1.165) is 11.1 Å². The molecule has 1 aliphatic heterocycles. The Morgan fingerprint density at radius 3 is 2.90 bits per heavy atom. The molecule has 6 heteroatoms. The predicted octanol–water partition coefficient (Wildman–Crippen LogP) is 1.62. The van der Waals surface area contributed by atoms with Gasteiger partial charge in [-0.25, -0.2) is 8.78 Å². The SMILES string of the molecule is COc1cc(C)ccc1CNC(=O)C1CC(F)(F)CN1. The van der Waals surface area contributed by atoms with Crippen molar-refractivity contribution in [2.24, 2.45) is 0 Å². The smallest absolute Gasteiger partial charge is 0.262 e. The second kappa shape index (κ2) is 5.75. The molecule has 110 valence electrons. The molecule has 1 heterocycles. The summed E-state index contributed by atoms with van der Waals surface area (Å²) in [6.07, 6.45) is -0.454. The van der Waals surface area contributed by atoms with Crippen LogP contribution in [0.1, 0.15) is 17.5 Å². The van der Waals surface area contributed by atoms with Crippen LogP contribution < -0.4 is 15.4 Å². The lowest BCUT2D eigenvalue weighted by atomic mass is 10.1. The van der Waals surface area contributed by atoms with Gasteiger partial charge in [0.05, 0.1) is 19.7 Å². The highest BCUT2D eigenvalue weighted by atomic mass is 19.3. The Morgan fingerprint density at radius 1 is 1.55 bits per heavy atom. The normalized spacial score (nSPS) is 20.7. The molecule has 1 saturated heterocycles. The van der Waals surface area contributed by atoms with Crippen LogP contribution in [0.5, 0.6) is 5.75 Å². The van der Waals surface area contributed by atoms with Crippen LogP contribution in [0.3, 0.4) is 0 Å². The molecule has 1 aliphatic rings. The van der Waals surface area contributed by atoms with Crippen LogP contribution in [0.2, 0.25) is 0 Å². The number of rotatable bonds is 4. The number of methoxy groups -OCH3 is 1. The summed E-state index contributed by atoms with van der Waals surface area (Å²) < 4.78 is 31.3. The molecule has 1 amide bonds. The maximum atomic E-state index is 13.0. The average Bonchev–Trinajstić information content (AvgIpc) is 2.77. The van der Waals surface area contributed by atoms with E-state index in [1.807, 2.05) is 25.1 Å². The zero-order chi connectivity index (χ0) is 14.8. The number of amides is 1. The Bertz CT molecular complexity index is 506. The number of alkyl halides is 2. The van der Waals surface area contributed by atoms with E-state index in [1.54, 1.807) is 7.11 Å². The molecule has 0 aliphatic carbocycles. The van der Waals surface area contributed by atoms with Gasteiger partial charge < -0.3 is 10.1 Å². The van der Waals surface area contributed by atoms with Crippen molar-refractivity contribution in [1.29, 1.82) is 0 Å². The van der Waals surface area contributed by atoms with E-state index in [0.29, 0.717) is 5.75 Å². The summed E-state index contributed by atoms with van der Waals surface area (Å²) >= 11 is 0. The van der Waals surface area contributed by atoms with Crippen LogP contribution in [0.25, 0.3) is 0 Å². The molecule has 0 aromatic heterocycles. The predicted molar refractivity (Wildman–Crippen MR) is 70.9 cm³/mol. The number of hydrogen-bond acceptors (Lipinski definition) is 3. The molecule has 0 radical (unpaired) electrons. The zero-order valence-corrected chi connectivity index (χ0v) is 11.5. The lowest BCUT2D eigenvalue weighted by molar-refractivity contribution is -0.123. The summed E-state index contributed by atoms with van der Waals surface area (Å²) in [5.74, 6) is -2.54. The minimum atomic E-state index is -2.80. The molecule has 1 aromatic rings. The van der Waals surface area contributed by atoms with Gasteiger partial charge in [-0.2, -0.15) is 0 Å². The molecule has 2 rings (SSSR count). The average molecular weight is 284 g/mol. The van der Waals surface area contributed by atoms with E-state index in [-0.39, 0.29) is 6.54 Å². The number of ether oxygens (including phenoxy) is 1. The van der Waals surface area contributed by atoms with Crippen molar-refractivity contribution in [1.82, 2.24) is 10.6 Å². The summed E-state index contributed by atoms with van der Waals surface area (Å²) in [5.41, 5.74) is 1.87. The molecule has 1 atom stereocenters. The van der Waals surface area contributed by atoms with Gasteiger partial charge in [0.1, 0.15) is 5.75 Å². The minimum Gasteiger partial charge on any atom is -0.496 e. The number of benzene rings is 1. The highest BCUT2D eigenvalue weighted by Gasteiger charge is 2.42. The molecule has 2 N–H and O–H groups in total. The number of nitrogens with one attached hydrogen (secondary N) is 2. The number of hydrogen-bond donors (Lipinski definition) is 2. The van der Waals surface area contributed by atoms with E-state index < -0.39 is 30.8 Å². The summed E-state index contributed by atoms with van der Waals surface area (Å²) in [6.45, 7) is 1.75. The summed E-state index contributed by atoms with van der Waals surface area (Å²) in [4.78, 5) is 11.8. The Kier molecular flexibility index (Phi) is 4.23. The van der Waals surface area contributed by atoms with E-state index in [9.17, 15) is 13.6 Å². The molecule has 1 aromatic carbocycles. The highest BCUT2D eigenvalue weighted by Crippen LogP contribution is 2.25. The molecule has 20 heavy (non-hydrogen) atoms. The quantitative estimate of drug-likeness (QED) is 0.883. The van der Waals surface area contributed by atoms with Gasteiger partial charge in [-0.15, -0.1) is 0 Å². The van der Waals surface area contributed by atoms with E-state index >= 15 is 0 Å². The largest absolute Gasteiger partial charge is 0.496 e. The van der Waals surface area contributed by atoms with Gasteiger partial charge in [0.2, 0.25) is 5.91 Å². The van der Waals surface area contributed by atoms with Gasteiger partial charge in [0.25, 0.3) is 5.92 Å². The van der Waals surface area contributed by atoms with Crippen LogP contribution in [-0.4, -0.2) is 31.5 Å². The Balaban J connectivity index is 1.94. The van der Waals surface area contributed by atoms with E-state index in [4.69, 9.17) is 4.74 Å². The number of aryl methyl sites for hydroxylation is 1. The lowest BCUT2D eigenvalue weighted by Gasteiger charge is -2.13. The van der Waals surface area contributed by atoms with E-state index in [1.165, 1.54) is 0 Å². The molecule has 0 spiro atoms. The van der Waals surface area contributed by atoms with Crippen LogP contribution in [0.15, 0.2) is 18.2 Å². The van der Waals surface area contributed by atoms with Crippen molar-refractivity contribution in [2.45, 2.75) is 31.9 Å². The number of carbonyl (C=O) groups excluding carboxylic acids is 1. The van der Waals surface area contributed by atoms with Crippen molar-refractivity contribution in [3.63, 3.8) is 0 Å². The van der Waals surface area contributed by atoms with Crippen molar-refractivity contribution in [3.05, 3.63) is 29.3 Å². The van der Waals surface area contributed by atoms with Gasteiger partial charge in [-0.1, -0.05) is 12.1 Å². The zero-order valence-electron chi connectivity index (χ0n) is 11.5. The van der Waals surface area contributed by atoms with Gasteiger partial charge in [0.15, 0.2) is 0 Å². The Hall–Kier alpha value is -1.69. The monoisotopic (exact) mass is 284 g/mol. The van der Waals surface area contributed by atoms with Crippen molar-refractivity contribution >= 4 is 5.91 Å². The van der Waals surface area contributed by atoms with Gasteiger partial charge in [-0.3, -0.25) is 10.1 Å². The topological polar surface area (TPSA) is 50.4 Å². The number of halogens is 2. The third-order valence-corrected chi connectivity index (χ3v) is 3.32.